The third kappa shape index (κ3) is 5.52. The zero-order valence-electron chi connectivity index (χ0n) is 16.8. The van der Waals surface area contributed by atoms with E-state index in [0.29, 0.717) is 6.54 Å². The summed E-state index contributed by atoms with van der Waals surface area (Å²) in [5.41, 5.74) is 2.19. The Bertz CT molecular complexity index is 923. The number of anilines is 1. The average molecular weight is 434 g/mol. The molecule has 0 saturated carbocycles. The number of carbonyl (C=O) groups excluding carboxylic acids is 1. The van der Waals surface area contributed by atoms with Crippen molar-refractivity contribution in [3.05, 3.63) is 54.1 Å². The van der Waals surface area contributed by atoms with Gasteiger partial charge in [0.15, 0.2) is 0 Å². The van der Waals surface area contributed by atoms with Crippen LogP contribution in [0.5, 0.6) is 0 Å². The number of sulfonamides is 1. The van der Waals surface area contributed by atoms with Crippen LogP contribution in [0.4, 0.5) is 5.69 Å². The molecule has 0 unspecified atom stereocenters. The molecule has 0 spiro atoms. The molecule has 0 aromatic heterocycles. The van der Waals surface area contributed by atoms with Crippen molar-refractivity contribution < 1.29 is 13.2 Å². The number of carbonyl (C=O) groups is 1. The summed E-state index contributed by atoms with van der Waals surface area (Å²) in [6, 6.07) is 14.8. The molecule has 29 heavy (non-hydrogen) atoms. The van der Waals surface area contributed by atoms with E-state index in [2.05, 4.69) is 22.3 Å². The molecule has 2 aromatic rings. The van der Waals surface area contributed by atoms with E-state index in [1.807, 2.05) is 18.4 Å². The summed E-state index contributed by atoms with van der Waals surface area (Å²) >= 11 is 1.54. The topological polar surface area (TPSA) is 69.7 Å². The van der Waals surface area contributed by atoms with Gasteiger partial charge < -0.3 is 10.2 Å². The molecule has 6 nitrogen and oxygen atoms in total. The molecule has 156 valence electrons. The summed E-state index contributed by atoms with van der Waals surface area (Å²) < 4.78 is 26.4. The third-order valence-corrected chi connectivity index (χ3v) is 7.59. The number of nitrogens with one attached hydrogen (secondary N) is 1. The van der Waals surface area contributed by atoms with Crippen molar-refractivity contribution >= 4 is 33.4 Å². The molecule has 0 radical (unpaired) electrons. The number of hydrogen-bond acceptors (Lipinski definition) is 5. The summed E-state index contributed by atoms with van der Waals surface area (Å²) in [4.78, 5) is 15.8. The monoisotopic (exact) mass is 433 g/mol. The van der Waals surface area contributed by atoms with Crippen LogP contribution < -0.4 is 10.2 Å². The molecule has 2 aromatic carbocycles. The Morgan fingerprint density at radius 2 is 1.69 bits per heavy atom. The normalized spacial score (nSPS) is 14.4. The molecule has 1 amide bonds. The van der Waals surface area contributed by atoms with Crippen LogP contribution in [-0.2, 0) is 21.4 Å². The van der Waals surface area contributed by atoms with Gasteiger partial charge in [0.25, 0.3) is 0 Å². The third-order valence-electron chi connectivity index (χ3n) is 5.03. The molecule has 1 N–H and O–H groups in total. The minimum Gasteiger partial charge on any atom is -0.372 e. The van der Waals surface area contributed by atoms with Gasteiger partial charge in [-0.25, -0.2) is 8.42 Å². The first-order chi connectivity index (χ1) is 13.9. The van der Waals surface area contributed by atoms with Gasteiger partial charge in [-0.05, 0) is 61.1 Å². The lowest BCUT2D eigenvalue weighted by molar-refractivity contribution is -0.121. The van der Waals surface area contributed by atoms with Crippen LogP contribution in [-0.4, -0.2) is 51.6 Å². The largest absolute Gasteiger partial charge is 0.372 e. The minimum atomic E-state index is -3.70. The van der Waals surface area contributed by atoms with E-state index in [1.54, 1.807) is 36.0 Å². The molecule has 1 heterocycles. The lowest BCUT2D eigenvalue weighted by Gasteiger charge is -2.18. The standard InChI is InChI=1S/C21H27N3O3S2/c1-23(29(26,27)20-11-9-19(28-2)10-12-20)16-21(25)22-15-17-5-7-18(8-6-17)24-13-3-4-14-24/h5-12H,3-4,13-16H2,1-2H3,(H,22,25). The number of likely N-dealkylation sites (N-methyl/N-ethyl adjacent to an activating group) is 1. The van der Waals surface area contributed by atoms with Gasteiger partial charge in [-0.2, -0.15) is 4.31 Å². The molecule has 1 aliphatic rings. The highest BCUT2D eigenvalue weighted by Crippen LogP contribution is 2.21. The Morgan fingerprint density at radius 3 is 2.28 bits per heavy atom. The molecule has 1 aliphatic heterocycles. The first-order valence-electron chi connectivity index (χ1n) is 9.61. The summed E-state index contributed by atoms with van der Waals surface area (Å²) in [6.45, 7) is 2.34. The maximum Gasteiger partial charge on any atom is 0.243 e. The number of hydrogen-bond donors (Lipinski definition) is 1. The van der Waals surface area contributed by atoms with Crippen LogP contribution in [0.3, 0.4) is 0 Å². The van der Waals surface area contributed by atoms with Crippen LogP contribution in [0.25, 0.3) is 0 Å². The van der Waals surface area contributed by atoms with Crippen molar-refractivity contribution in [3.63, 3.8) is 0 Å². The van der Waals surface area contributed by atoms with Crippen molar-refractivity contribution in [2.45, 2.75) is 29.2 Å². The quantitative estimate of drug-likeness (QED) is 0.648. The van der Waals surface area contributed by atoms with E-state index >= 15 is 0 Å². The van der Waals surface area contributed by atoms with Gasteiger partial charge in [0.1, 0.15) is 0 Å². The van der Waals surface area contributed by atoms with Crippen molar-refractivity contribution in [2.24, 2.45) is 0 Å². The first-order valence-corrected chi connectivity index (χ1v) is 12.3. The summed E-state index contributed by atoms with van der Waals surface area (Å²) in [5.74, 6) is -0.333. The smallest absolute Gasteiger partial charge is 0.243 e. The highest BCUT2D eigenvalue weighted by Gasteiger charge is 2.22. The first kappa shape index (κ1) is 21.7. The van der Waals surface area contributed by atoms with Gasteiger partial charge in [0.2, 0.25) is 15.9 Å². The Balaban J connectivity index is 1.52. The average Bonchev–Trinajstić information content (AvgIpc) is 3.27. The number of thioether (sulfide) groups is 1. The van der Waals surface area contributed by atoms with E-state index in [-0.39, 0.29) is 17.3 Å². The van der Waals surface area contributed by atoms with Gasteiger partial charge in [0, 0.05) is 37.3 Å². The SMILES string of the molecule is CSc1ccc(S(=O)(=O)N(C)CC(=O)NCc2ccc(N3CCCC3)cc2)cc1. The van der Waals surface area contributed by atoms with Crippen molar-refractivity contribution in [2.75, 3.05) is 37.8 Å². The second-order valence-corrected chi connectivity index (χ2v) is 10.00. The van der Waals surface area contributed by atoms with Crippen LogP contribution in [0, 0.1) is 0 Å². The lowest BCUT2D eigenvalue weighted by Crippen LogP contribution is -2.38. The zero-order valence-corrected chi connectivity index (χ0v) is 18.4. The number of nitrogens with zero attached hydrogens (tertiary/aromatic N) is 2. The lowest BCUT2D eigenvalue weighted by atomic mass is 10.2. The summed E-state index contributed by atoms with van der Waals surface area (Å²) in [6.07, 6.45) is 4.39. The second kappa shape index (κ2) is 9.65. The van der Waals surface area contributed by atoms with Crippen molar-refractivity contribution in [1.82, 2.24) is 9.62 Å². The highest BCUT2D eigenvalue weighted by atomic mass is 32.2. The summed E-state index contributed by atoms with van der Waals surface area (Å²) in [7, 11) is -2.28. The molecule has 1 fully saturated rings. The van der Waals surface area contributed by atoms with Gasteiger partial charge in [-0.15, -0.1) is 11.8 Å². The maximum absolute atomic E-state index is 12.6. The fourth-order valence-corrected chi connectivity index (χ4v) is 4.81. The fraction of sp³-hybridized carbons (Fsp3) is 0.381. The Kier molecular flexibility index (Phi) is 7.21. The molecule has 0 bridgehead atoms. The van der Waals surface area contributed by atoms with E-state index in [1.165, 1.54) is 25.6 Å². The Labute approximate surface area is 177 Å². The fourth-order valence-electron chi connectivity index (χ4n) is 3.27. The minimum absolute atomic E-state index is 0.183. The number of rotatable bonds is 8. The molecule has 0 aliphatic carbocycles. The molecular formula is C21H27N3O3S2. The Morgan fingerprint density at radius 1 is 1.07 bits per heavy atom. The number of benzene rings is 2. The van der Waals surface area contributed by atoms with Crippen LogP contribution in [0.15, 0.2) is 58.3 Å². The Hall–Kier alpha value is -2.03. The number of amides is 1. The van der Waals surface area contributed by atoms with E-state index in [4.69, 9.17) is 0 Å². The van der Waals surface area contributed by atoms with Gasteiger partial charge in [0.05, 0.1) is 11.4 Å². The maximum atomic E-state index is 12.6. The predicted molar refractivity (Wildman–Crippen MR) is 118 cm³/mol. The predicted octanol–water partition coefficient (Wildman–Crippen LogP) is 2.95. The second-order valence-electron chi connectivity index (χ2n) is 7.07. The van der Waals surface area contributed by atoms with E-state index in [0.717, 1.165) is 27.9 Å². The van der Waals surface area contributed by atoms with Crippen LogP contribution >= 0.6 is 11.8 Å². The zero-order chi connectivity index (χ0) is 20.9. The summed E-state index contributed by atoms with van der Waals surface area (Å²) in [5, 5.41) is 2.80. The molecule has 3 rings (SSSR count). The molecular weight excluding hydrogens is 406 g/mol. The highest BCUT2D eigenvalue weighted by molar-refractivity contribution is 7.98. The van der Waals surface area contributed by atoms with Crippen LogP contribution in [0.2, 0.25) is 0 Å². The van der Waals surface area contributed by atoms with Crippen molar-refractivity contribution in [3.8, 4) is 0 Å². The molecule has 0 atom stereocenters. The van der Waals surface area contributed by atoms with E-state index < -0.39 is 10.0 Å². The van der Waals surface area contributed by atoms with Gasteiger partial charge >= 0.3 is 0 Å². The van der Waals surface area contributed by atoms with E-state index in [9.17, 15) is 13.2 Å². The van der Waals surface area contributed by atoms with Crippen LogP contribution in [0.1, 0.15) is 18.4 Å². The molecule has 1 saturated heterocycles. The molecule has 8 heteroatoms. The van der Waals surface area contributed by atoms with Gasteiger partial charge in [-0.3, -0.25) is 4.79 Å². The van der Waals surface area contributed by atoms with Crippen molar-refractivity contribution in [1.29, 1.82) is 0 Å². The van der Waals surface area contributed by atoms with Gasteiger partial charge in [-0.1, -0.05) is 12.1 Å².